The van der Waals surface area contributed by atoms with Gasteiger partial charge in [-0.1, -0.05) is 0 Å². The van der Waals surface area contributed by atoms with E-state index in [1.165, 1.54) is 23.1 Å². The monoisotopic (exact) mass is 454 g/mol. The molecule has 11 heteroatoms. The quantitative estimate of drug-likeness (QED) is 0.740. The fraction of sp³-hybridized carbons (Fsp3) is 0.476. The molecule has 0 saturated carbocycles. The van der Waals surface area contributed by atoms with E-state index in [9.17, 15) is 28.2 Å². The number of rotatable bonds is 4. The molecule has 32 heavy (non-hydrogen) atoms. The van der Waals surface area contributed by atoms with Crippen molar-refractivity contribution in [1.29, 1.82) is 0 Å². The molecule has 1 aromatic carbocycles. The molecule has 0 bridgehead atoms. The SMILES string of the molecule is O=C(On1c(O)ccc1O)N1CCN(Cc2cc(C(F)(F)F)ccc2N2CCCC2)CC1. The number of nitrogens with zero attached hydrogens (tertiary/aromatic N) is 4. The molecule has 4 rings (SSSR count). The molecule has 2 aliphatic rings. The number of alkyl halides is 3. The highest BCUT2D eigenvalue weighted by Gasteiger charge is 2.32. The predicted molar refractivity (Wildman–Crippen MR) is 109 cm³/mol. The number of anilines is 1. The highest BCUT2D eigenvalue weighted by atomic mass is 19.4. The summed E-state index contributed by atoms with van der Waals surface area (Å²) in [5, 5.41) is 19.2. The van der Waals surface area contributed by atoms with Gasteiger partial charge in [-0.2, -0.15) is 13.2 Å². The van der Waals surface area contributed by atoms with Gasteiger partial charge in [0, 0.05) is 63.6 Å². The van der Waals surface area contributed by atoms with Crippen molar-refractivity contribution in [2.75, 3.05) is 44.2 Å². The lowest BCUT2D eigenvalue weighted by atomic mass is 10.1. The van der Waals surface area contributed by atoms with E-state index < -0.39 is 29.6 Å². The van der Waals surface area contributed by atoms with Gasteiger partial charge in [0.25, 0.3) is 0 Å². The molecule has 0 atom stereocenters. The van der Waals surface area contributed by atoms with E-state index in [-0.39, 0.29) is 0 Å². The number of halogens is 3. The minimum Gasteiger partial charge on any atom is -0.492 e. The molecule has 8 nitrogen and oxygen atoms in total. The number of benzene rings is 1. The van der Waals surface area contributed by atoms with E-state index in [0.29, 0.717) is 43.0 Å². The van der Waals surface area contributed by atoms with Crippen molar-refractivity contribution in [2.24, 2.45) is 0 Å². The first-order chi connectivity index (χ1) is 15.2. The topological polar surface area (TPSA) is 81.4 Å². The van der Waals surface area contributed by atoms with E-state index in [1.807, 2.05) is 4.90 Å². The summed E-state index contributed by atoms with van der Waals surface area (Å²) >= 11 is 0. The third-order valence-electron chi connectivity index (χ3n) is 5.85. The molecule has 3 heterocycles. The Morgan fingerprint density at radius 2 is 1.56 bits per heavy atom. The molecular weight excluding hydrogens is 429 g/mol. The third-order valence-corrected chi connectivity index (χ3v) is 5.85. The Morgan fingerprint density at radius 1 is 0.938 bits per heavy atom. The number of hydrogen-bond acceptors (Lipinski definition) is 6. The van der Waals surface area contributed by atoms with Gasteiger partial charge in [-0.3, -0.25) is 4.90 Å². The van der Waals surface area contributed by atoms with Crippen LogP contribution < -0.4 is 9.74 Å². The van der Waals surface area contributed by atoms with Crippen LogP contribution in [0.1, 0.15) is 24.0 Å². The largest absolute Gasteiger partial charge is 0.492 e. The van der Waals surface area contributed by atoms with Crippen LogP contribution in [0.4, 0.5) is 23.7 Å². The fourth-order valence-electron chi connectivity index (χ4n) is 4.12. The number of carbonyl (C=O) groups is 1. The van der Waals surface area contributed by atoms with Gasteiger partial charge in [-0.05, 0) is 36.6 Å². The zero-order valence-corrected chi connectivity index (χ0v) is 17.4. The van der Waals surface area contributed by atoms with Gasteiger partial charge in [-0.15, -0.1) is 4.73 Å². The van der Waals surface area contributed by atoms with Gasteiger partial charge in [0.1, 0.15) is 0 Å². The third kappa shape index (κ3) is 4.72. The molecular formula is C21H25F3N4O4. The zero-order chi connectivity index (χ0) is 22.9. The lowest BCUT2D eigenvalue weighted by Gasteiger charge is -2.35. The summed E-state index contributed by atoms with van der Waals surface area (Å²) in [6.07, 6.45) is -3.10. The van der Waals surface area contributed by atoms with E-state index in [4.69, 9.17) is 4.84 Å². The summed E-state index contributed by atoms with van der Waals surface area (Å²) < 4.78 is 40.5. The Morgan fingerprint density at radius 3 is 2.16 bits per heavy atom. The van der Waals surface area contributed by atoms with Crippen LogP contribution in [0.5, 0.6) is 11.8 Å². The lowest BCUT2D eigenvalue weighted by Crippen LogP contribution is -2.50. The number of piperazine rings is 1. The molecule has 0 spiro atoms. The van der Waals surface area contributed by atoms with Crippen molar-refractivity contribution in [3.05, 3.63) is 41.5 Å². The zero-order valence-electron chi connectivity index (χ0n) is 17.4. The van der Waals surface area contributed by atoms with Crippen LogP contribution in [0.25, 0.3) is 0 Å². The Balaban J connectivity index is 1.41. The van der Waals surface area contributed by atoms with Crippen molar-refractivity contribution in [3.8, 4) is 11.8 Å². The van der Waals surface area contributed by atoms with E-state index in [2.05, 4.69) is 4.90 Å². The van der Waals surface area contributed by atoms with Gasteiger partial charge in [0.2, 0.25) is 11.8 Å². The first-order valence-corrected chi connectivity index (χ1v) is 10.5. The van der Waals surface area contributed by atoms with Gasteiger partial charge < -0.3 is 24.9 Å². The highest BCUT2D eigenvalue weighted by Crippen LogP contribution is 2.34. The molecule has 174 valence electrons. The van der Waals surface area contributed by atoms with Crippen molar-refractivity contribution in [1.82, 2.24) is 14.5 Å². The second-order valence-corrected chi connectivity index (χ2v) is 8.00. The van der Waals surface area contributed by atoms with Crippen LogP contribution in [-0.2, 0) is 12.7 Å². The second kappa shape index (κ2) is 8.81. The summed E-state index contributed by atoms with van der Waals surface area (Å²) in [6.45, 7) is 3.52. The average Bonchev–Trinajstić information content (AvgIpc) is 3.39. The van der Waals surface area contributed by atoms with Crippen molar-refractivity contribution in [2.45, 2.75) is 25.6 Å². The van der Waals surface area contributed by atoms with E-state index >= 15 is 0 Å². The maximum absolute atomic E-state index is 13.3. The molecule has 0 radical (unpaired) electrons. The van der Waals surface area contributed by atoms with Crippen molar-refractivity contribution in [3.63, 3.8) is 0 Å². The number of amides is 1. The molecule has 2 N–H and O–H groups in total. The number of carbonyl (C=O) groups excluding carboxylic acids is 1. The molecule has 1 amide bonds. The summed E-state index contributed by atoms with van der Waals surface area (Å²) in [7, 11) is 0. The molecule has 0 unspecified atom stereocenters. The van der Waals surface area contributed by atoms with Crippen LogP contribution in [0.3, 0.4) is 0 Å². The van der Waals surface area contributed by atoms with Crippen LogP contribution in [-0.4, -0.2) is 70.1 Å². The minimum atomic E-state index is -4.41. The Hall–Kier alpha value is -3.08. The van der Waals surface area contributed by atoms with Crippen LogP contribution in [0, 0.1) is 0 Å². The molecule has 0 aliphatic carbocycles. The molecule has 2 aromatic rings. The second-order valence-electron chi connectivity index (χ2n) is 8.00. The van der Waals surface area contributed by atoms with E-state index in [1.54, 1.807) is 6.07 Å². The average molecular weight is 454 g/mol. The number of hydrogen-bond donors (Lipinski definition) is 2. The fourth-order valence-corrected chi connectivity index (χ4v) is 4.12. The first kappa shape index (κ1) is 22.1. The van der Waals surface area contributed by atoms with Gasteiger partial charge >= 0.3 is 12.3 Å². The summed E-state index contributed by atoms with van der Waals surface area (Å²) in [6, 6.07) is 6.30. The van der Waals surface area contributed by atoms with Crippen LogP contribution in [0.15, 0.2) is 30.3 Å². The number of aromatic nitrogens is 1. The lowest BCUT2D eigenvalue weighted by molar-refractivity contribution is -0.137. The minimum absolute atomic E-state index is 0.305. The van der Waals surface area contributed by atoms with Crippen LogP contribution in [0.2, 0.25) is 0 Å². The maximum atomic E-state index is 13.3. The maximum Gasteiger partial charge on any atom is 0.434 e. The molecule has 2 fully saturated rings. The summed E-state index contributed by atoms with van der Waals surface area (Å²) in [5.74, 6) is -0.818. The van der Waals surface area contributed by atoms with E-state index in [0.717, 1.165) is 37.7 Å². The Bertz CT molecular complexity index is 945. The molecule has 2 aliphatic heterocycles. The van der Waals surface area contributed by atoms with Crippen molar-refractivity contribution >= 4 is 11.8 Å². The Kier molecular flexibility index (Phi) is 6.09. The van der Waals surface area contributed by atoms with Gasteiger partial charge in [0.05, 0.1) is 5.56 Å². The van der Waals surface area contributed by atoms with Gasteiger partial charge in [0.15, 0.2) is 0 Å². The van der Waals surface area contributed by atoms with Crippen molar-refractivity contribution < 1.29 is 33.0 Å². The smallest absolute Gasteiger partial charge is 0.434 e. The highest BCUT2D eigenvalue weighted by molar-refractivity contribution is 5.68. The van der Waals surface area contributed by atoms with Crippen LogP contribution >= 0.6 is 0 Å². The Labute approximate surface area is 183 Å². The standard InChI is InChI=1S/C21H25F3N4O4/c22-21(23,24)16-3-4-17(26-7-1-2-8-26)15(13-16)14-25-9-11-27(12-10-25)20(31)32-28-18(29)5-6-19(28)30/h3-6,13,29-30H,1-2,7-12,14H2. The normalized spacial score (nSPS) is 17.7. The first-order valence-electron chi connectivity index (χ1n) is 10.5. The summed E-state index contributed by atoms with van der Waals surface area (Å²) in [5.41, 5.74) is 0.792. The molecule has 1 aromatic heterocycles. The summed E-state index contributed by atoms with van der Waals surface area (Å²) in [4.78, 5) is 22.9. The molecule has 2 saturated heterocycles. The van der Waals surface area contributed by atoms with Gasteiger partial charge in [-0.25, -0.2) is 4.79 Å². The number of aromatic hydroxyl groups is 2. The predicted octanol–water partition coefficient (Wildman–Crippen LogP) is 2.88.